The Kier molecular flexibility index (Phi) is 2.73. The highest BCUT2D eigenvalue weighted by molar-refractivity contribution is 8.14. The Morgan fingerprint density at radius 1 is 1.29 bits per heavy atom. The van der Waals surface area contributed by atoms with Gasteiger partial charge in [0, 0.05) is 17.4 Å². The molecule has 0 amide bonds. The summed E-state index contributed by atoms with van der Waals surface area (Å²) in [6.45, 7) is 2.03. The maximum Gasteiger partial charge on any atom is 0.162 e. The van der Waals surface area contributed by atoms with Crippen LogP contribution < -0.4 is 0 Å². The summed E-state index contributed by atoms with van der Waals surface area (Å²) >= 11 is 1.77. The zero-order valence-corrected chi connectivity index (χ0v) is 10.3. The Labute approximate surface area is 104 Å². The third-order valence-electron chi connectivity index (χ3n) is 2.71. The lowest BCUT2D eigenvalue weighted by Crippen LogP contribution is -1.90. The Hall–Kier alpha value is -1.55. The van der Waals surface area contributed by atoms with Gasteiger partial charge in [-0.05, 0) is 6.92 Å². The minimum atomic E-state index is 0.130. The summed E-state index contributed by atoms with van der Waals surface area (Å²) < 4.78 is 5.38. The Bertz CT molecular complexity index is 548. The van der Waals surface area contributed by atoms with Gasteiger partial charge in [0.2, 0.25) is 0 Å². The van der Waals surface area contributed by atoms with Crippen LogP contribution in [0.5, 0.6) is 0 Å². The van der Waals surface area contributed by atoms with Crippen LogP contribution in [0.2, 0.25) is 0 Å². The highest BCUT2D eigenvalue weighted by atomic mass is 32.2. The van der Waals surface area contributed by atoms with E-state index in [9.17, 15) is 0 Å². The molecular weight excluding hydrogens is 232 g/mol. The molecule has 0 saturated carbocycles. The highest BCUT2D eigenvalue weighted by Gasteiger charge is 2.21. The summed E-state index contributed by atoms with van der Waals surface area (Å²) in [5.74, 6) is 1.81. The van der Waals surface area contributed by atoms with Gasteiger partial charge in [0.15, 0.2) is 5.76 Å². The maximum atomic E-state index is 5.38. The molecule has 0 aliphatic carbocycles. The third kappa shape index (κ3) is 2.13. The monoisotopic (exact) mass is 244 g/mol. The summed E-state index contributed by atoms with van der Waals surface area (Å²) in [5, 5.41) is 5.22. The van der Waals surface area contributed by atoms with Gasteiger partial charge in [0.25, 0.3) is 0 Å². The van der Waals surface area contributed by atoms with E-state index in [2.05, 4.69) is 10.1 Å². The number of aromatic nitrogens is 1. The van der Waals surface area contributed by atoms with E-state index < -0.39 is 0 Å². The maximum absolute atomic E-state index is 5.38. The number of thioether (sulfide) groups is 1. The van der Waals surface area contributed by atoms with Crippen LogP contribution in [0.1, 0.15) is 18.7 Å². The van der Waals surface area contributed by atoms with E-state index >= 15 is 0 Å². The van der Waals surface area contributed by atoms with E-state index in [4.69, 9.17) is 4.52 Å². The number of aliphatic imine (C=N–C) groups is 1. The second kappa shape index (κ2) is 4.37. The standard InChI is InChI=1S/C13H12N2OS/c1-9-14-12(8-17-9)13-7-11(15-16-13)10-5-3-2-4-6-10/h2-7,12H,8H2,1H3. The van der Waals surface area contributed by atoms with Crippen molar-refractivity contribution in [3.63, 3.8) is 0 Å². The first-order chi connectivity index (χ1) is 8.33. The van der Waals surface area contributed by atoms with Crippen molar-refractivity contribution in [3.8, 4) is 11.3 Å². The minimum absolute atomic E-state index is 0.130. The fraction of sp³-hybridized carbons (Fsp3) is 0.231. The Balaban J connectivity index is 1.89. The molecule has 3 nitrogen and oxygen atoms in total. The van der Waals surface area contributed by atoms with E-state index in [1.54, 1.807) is 11.8 Å². The van der Waals surface area contributed by atoms with Crippen LogP contribution >= 0.6 is 11.8 Å². The minimum Gasteiger partial charge on any atom is -0.358 e. The molecule has 1 aromatic heterocycles. The molecular formula is C13H12N2OS. The van der Waals surface area contributed by atoms with Crippen LogP contribution in [0.3, 0.4) is 0 Å². The van der Waals surface area contributed by atoms with Gasteiger partial charge in [-0.2, -0.15) is 0 Å². The van der Waals surface area contributed by atoms with Gasteiger partial charge in [-0.15, -0.1) is 11.8 Å². The normalized spacial score (nSPS) is 19.4. The summed E-state index contributed by atoms with van der Waals surface area (Å²) in [5.41, 5.74) is 1.96. The first-order valence-corrected chi connectivity index (χ1v) is 6.51. The van der Waals surface area contributed by atoms with Gasteiger partial charge in [-0.3, -0.25) is 4.99 Å². The second-order valence-corrected chi connectivity index (χ2v) is 5.17. The number of rotatable bonds is 2. The lowest BCUT2D eigenvalue weighted by Gasteiger charge is -1.97. The average Bonchev–Trinajstić information content (AvgIpc) is 2.98. The fourth-order valence-electron chi connectivity index (χ4n) is 1.83. The van der Waals surface area contributed by atoms with Crippen LogP contribution in [-0.4, -0.2) is 16.0 Å². The van der Waals surface area contributed by atoms with Crippen molar-refractivity contribution in [3.05, 3.63) is 42.2 Å². The molecule has 1 aliphatic heterocycles. The number of hydrogen-bond donors (Lipinski definition) is 0. The molecule has 86 valence electrons. The summed E-state index contributed by atoms with van der Waals surface area (Å²) in [6.07, 6.45) is 0. The zero-order valence-electron chi connectivity index (χ0n) is 9.46. The van der Waals surface area contributed by atoms with Crippen molar-refractivity contribution < 1.29 is 4.52 Å². The van der Waals surface area contributed by atoms with Crippen molar-refractivity contribution in [2.24, 2.45) is 4.99 Å². The third-order valence-corrected chi connectivity index (χ3v) is 3.72. The van der Waals surface area contributed by atoms with E-state index in [1.807, 2.05) is 43.3 Å². The SMILES string of the molecule is CC1=NC(c2cc(-c3ccccc3)no2)CS1. The first kappa shape index (κ1) is 10.6. The van der Waals surface area contributed by atoms with Gasteiger partial charge in [0.05, 0.1) is 5.04 Å². The topological polar surface area (TPSA) is 38.4 Å². The lowest BCUT2D eigenvalue weighted by atomic mass is 10.1. The Morgan fingerprint density at radius 2 is 2.12 bits per heavy atom. The molecule has 0 saturated heterocycles. The molecule has 17 heavy (non-hydrogen) atoms. The molecule has 4 heteroatoms. The lowest BCUT2D eigenvalue weighted by molar-refractivity contribution is 0.372. The summed E-state index contributed by atoms with van der Waals surface area (Å²) in [4.78, 5) is 4.51. The van der Waals surface area contributed by atoms with Crippen LogP contribution in [0, 0.1) is 0 Å². The van der Waals surface area contributed by atoms with Crippen molar-refractivity contribution in [2.75, 3.05) is 5.75 Å². The van der Waals surface area contributed by atoms with Gasteiger partial charge < -0.3 is 4.52 Å². The first-order valence-electron chi connectivity index (χ1n) is 5.52. The van der Waals surface area contributed by atoms with Gasteiger partial charge in [0.1, 0.15) is 11.7 Å². The van der Waals surface area contributed by atoms with Gasteiger partial charge in [-0.25, -0.2) is 0 Å². The fourth-order valence-corrected chi connectivity index (χ4v) is 2.67. The van der Waals surface area contributed by atoms with Gasteiger partial charge in [-0.1, -0.05) is 35.5 Å². The molecule has 0 radical (unpaired) electrons. The number of nitrogens with zero attached hydrogens (tertiary/aromatic N) is 2. The van der Waals surface area contributed by atoms with E-state index in [1.165, 1.54) is 0 Å². The van der Waals surface area contributed by atoms with E-state index in [-0.39, 0.29) is 6.04 Å². The second-order valence-electron chi connectivity index (χ2n) is 3.96. The van der Waals surface area contributed by atoms with Crippen LogP contribution in [0.25, 0.3) is 11.3 Å². The molecule has 1 atom stereocenters. The molecule has 1 unspecified atom stereocenters. The van der Waals surface area contributed by atoms with E-state index in [0.717, 1.165) is 27.8 Å². The molecule has 0 fully saturated rings. The quantitative estimate of drug-likeness (QED) is 0.811. The van der Waals surface area contributed by atoms with Crippen molar-refractivity contribution in [2.45, 2.75) is 13.0 Å². The average molecular weight is 244 g/mol. The smallest absolute Gasteiger partial charge is 0.162 e. The molecule has 1 aromatic carbocycles. The highest BCUT2D eigenvalue weighted by Crippen LogP contribution is 2.32. The molecule has 3 rings (SSSR count). The summed E-state index contributed by atoms with van der Waals surface area (Å²) in [7, 11) is 0. The van der Waals surface area contributed by atoms with Crippen molar-refractivity contribution >= 4 is 16.8 Å². The van der Waals surface area contributed by atoms with Gasteiger partial charge >= 0.3 is 0 Å². The van der Waals surface area contributed by atoms with Crippen LogP contribution in [0.15, 0.2) is 45.9 Å². The largest absolute Gasteiger partial charge is 0.358 e. The van der Waals surface area contributed by atoms with Crippen molar-refractivity contribution in [1.82, 2.24) is 5.16 Å². The zero-order chi connectivity index (χ0) is 11.7. The molecule has 0 bridgehead atoms. The number of hydrogen-bond acceptors (Lipinski definition) is 4. The predicted octanol–water partition coefficient (Wildman–Crippen LogP) is 3.55. The number of benzene rings is 1. The Morgan fingerprint density at radius 3 is 2.82 bits per heavy atom. The molecule has 0 N–H and O–H groups in total. The van der Waals surface area contributed by atoms with Crippen LogP contribution in [0.4, 0.5) is 0 Å². The molecule has 2 aromatic rings. The molecule has 1 aliphatic rings. The molecule has 0 spiro atoms. The predicted molar refractivity (Wildman–Crippen MR) is 70.2 cm³/mol. The molecule has 2 heterocycles. The summed E-state index contributed by atoms with van der Waals surface area (Å²) in [6, 6.07) is 12.2. The van der Waals surface area contributed by atoms with Crippen molar-refractivity contribution in [1.29, 1.82) is 0 Å². The van der Waals surface area contributed by atoms with E-state index in [0.29, 0.717) is 0 Å². The van der Waals surface area contributed by atoms with Crippen LogP contribution in [-0.2, 0) is 0 Å².